The van der Waals surface area contributed by atoms with Gasteiger partial charge in [-0.1, -0.05) is 48.5 Å². The fraction of sp³-hybridized carbons (Fsp3) is 0.148. The van der Waals surface area contributed by atoms with Crippen LogP contribution in [0.1, 0.15) is 22.3 Å². The van der Waals surface area contributed by atoms with Gasteiger partial charge in [0.1, 0.15) is 0 Å². The maximum atomic E-state index is 13.1. The topological polar surface area (TPSA) is 66.9 Å². The van der Waals surface area contributed by atoms with Gasteiger partial charge in [-0.25, -0.2) is 0 Å². The lowest BCUT2D eigenvalue weighted by molar-refractivity contribution is -0.138. The number of carbonyl (C=O) groups is 1. The van der Waals surface area contributed by atoms with E-state index in [-0.39, 0.29) is 12.0 Å². The Kier molecular flexibility index (Phi) is 7.52. The molecule has 2 aromatic carbocycles. The van der Waals surface area contributed by atoms with Crippen LogP contribution in [0.2, 0.25) is 0 Å². The van der Waals surface area contributed by atoms with Gasteiger partial charge in [0.15, 0.2) is 0 Å². The fourth-order valence-electron chi connectivity index (χ4n) is 3.61. The average molecular weight is 477 g/mol. The number of anilines is 1. The van der Waals surface area contributed by atoms with Gasteiger partial charge < -0.3 is 10.6 Å². The van der Waals surface area contributed by atoms with Crippen LogP contribution in [-0.4, -0.2) is 15.9 Å². The highest BCUT2D eigenvalue weighted by Gasteiger charge is 2.33. The number of carbonyl (C=O) groups excluding carboxylic acids is 1. The summed E-state index contributed by atoms with van der Waals surface area (Å²) in [6.45, 7) is 1.44. The van der Waals surface area contributed by atoms with Crippen LogP contribution in [0.5, 0.6) is 0 Å². The number of nitrogens with one attached hydrogen (secondary N) is 2. The van der Waals surface area contributed by atoms with Crippen molar-refractivity contribution in [2.45, 2.75) is 25.7 Å². The molecule has 0 aliphatic carbocycles. The molecule has 178 valence electrons. The summed E-state index contributed by atoms with van der Waals surface area (Å²) in [6.07, 6.45) is 0.175. The maximum Gasteiger partial charge on any atom is 0.416 e. The number of nitrogens with zero attached hydrogens (tertiary/aromatic N) is 2. The summed E-state index contributed by atoms with van der Waals surface area (Å²) in [5.74, 6) is -0.542. The van der Waals surface area contributed by atoms with Gasteiger partial charge in [-0.05, 0) is 41.0 Å². The van der Waals surface area contributed by atoms with Crippen molar-refractivity contribution in [1.82, 2.24) is 15.3 Å². The zero-order valence-corrected chi connectivity index (χ0v) is 18.7. The molecule has 1 amide bonds. The Balaban J connectivity index is 1.32. The molecule has 0 saturated carbocycles. The van der Waals surface area contributed by atoms with Crippen LogP contribution in [0.15, 0.2) is 91.4 Å². The fourth-order valence-corrected chi connectivity index (χ4v) is 3.61. The van der Waals surface area contributed by atoms with Gasteiger partial charge in [0.25, 0.3) is 0 Å². The summed E-state index contributed by atoms with van der Waals surface area (Å²) in [4.78, 5) is 20.8. The number of benzene rings is 2. The number of rotatable bonds is 8. The van der Waals surface area contributed by atoms with Crippen molar-refractivity contribution in [3.63, 3.8) is 0 Å². The van der Waals surface area contributed by atoms with E-state index in [1.54, 1.807) is 18.3 Å². The average Bonchev–Trinajstić information content (AvgIpc) is 2.85. The molecule has 2 N–H and O–H groups in total. The van der Waals surface area contributed by atoms with E-state index in [4.69, 9.17) is 0 Å². The van der Waals surface area contributed by atoms with E-state index in [1.165, 1.54) is 24.4 Å². The molecule has 8 heteroatoms. The maximum absolute atomic E-state index is 13.1. The Labute approximate surface area is 201 Å². The summed E-state index contributed by atoms with van der Waals surface area (Å²) in [5, 5.41) is 5.99. The molecule has 4 rings (SSSR count). The van der Waals surface area contributed by atoms with E-state index < -0.39 is 17.6 Å². The predicted molar refractivity (Wildman–Crippen MR) is 128 cm³/mol. The third kappa shape index (κ3) is 6.74. The lowest BCUT2D eigenvalue weighted by Crippen LogP contribution is -2.18. The first-order valence-corrected chi connectivity index (χ1v) is 11.0. The van der Waals surface area contributed by atoms with Crippen LogP contribution in [0.3, 0.4) is 0 Å². The van der Waals surface area contributed by atoms with Crippen LogP contribution in [-0.2, 0) is 30.5 Å². The number of aromatic nitrogens is 2. The van der Waals surface area contributed by atoms with E-state index in [1.807, 2.05) is 42.6 Å². The molecule has 0 spiro atoms. The Bertz CT molecular complexity index is 1260. The quantitative estimate of drug-likeness (QED) is 0.346. The smallest absolute Gasteiger partial charge is 0.324 e. The monoisotopic (exact) mass is 476 g/mol. The van der Waals surface area contributed by atoms with Gasteiger partial charge in [-0.2, -0.15) is 13.2 Å². The largest absolute Gasteiger partial charge is 0.416 e. The first kappa shape index (κ1) is 24.1. The lowest BCUT2D eigenvalue weighted by Gasteiger charge is -2.12. The normalized spacial score (nSPS) is 11.3. The van der Waals surface area contributed by atoms with Gasteiger partial charge in [-0.15, -0.1) is 0 Å². The van der Waals surface area contributed by atoms with Crippen molar-refractivity contribution in [2.75, 3.05) is 5.32 Å². The highest BCUT2D eigenvalue weighted by atomic mass is 19.4. The predicted octanol–water partition coefficient (Wildman–Crippen LogP) is 5.63. The summed E-state index contributed by atoms with van der Waals surface area (Å²) in [7, 11) is 0. The minimum atomic E-state index is -4.51. The van der Waals surface area contributed by atoms with Crippen molar-refractivity contribution in [1.29, 1.82) is 0 Å². The van der Waals surface area contributed by atoms with E-state index in [0.29, 0.717) is 12.2 Å². The molecule has 0 fully saturated rings. The second-order valence-corrected chi connectivity index (χ2v) is 7.97. The van der Waals surface area contributed by atoms with Crippen molar-refractivity contribution >= 4 is 11.6 Å². The summed E-state index contributed by atoms with van der Waals surface area (Å²) in [6, 6.07) is 20.4. The molecule has 0 bridgehead atoms. The van der Waals surface area contributed by atoms with Crippen LogP contribution in [0.25, 0.3) is 11.3 Å². The van der Waals surface area contributed by atoms with E-state index in [2.05, 4.69) is 20.6 Å². The van der Waals surface area contributed by atoms with Crippen LogP contribution in [0.4, 0.5) is 18.9 Å². The minimum absolute atomic E-state index is 0.0721. The summed E-state index contributed by atoms with van der Waals surface area (Å²) >= 11 is 0. The number of hydrogen-bond acceptors (Lipinski definition) is 4. The third-order valence-corrected chi connectivity index (χ3v) is 5.35. The van der Waals surface area contributed by atoms with Gasteiger partial charge in [0.05, 0.1) is 29.6 Å². The third-order valence-electron chi connectivity index (χ3n) is 5.35. The van der Waals surface area contributed by atoms with E-state index in [9.17, 15) is 18.0 Å². The number of amides is 1. The molecule has 0 unspecified atom stereocenters. The molecule has 35 heavy (non-hydrogen) atoms. The number of alkyl halides is 3. The molecule has 0 saturated heterocycles. The first-order valence-electron chi connectivity index (χ1n) is 11.0. The van der Waals surface area contributed by atoms with Crippen molar-refractivity contribution in [2.24, 2.45) is 0 Å². The SMILES string of the molecule is O=C(Cc1ccccc1C(F)(F)F)Nc1ccc(-c2ccc(CNCc3cccnc3)cc2)nc1. The first-order chi connectivity index (χ1) is 16.9. The van der Waals surface area contributed by atoms with E-state index >= 15 is 0 Å². The van der Waals surface area contributed by atoms with Gasteiger partial charge in [-0.3, -0.25) is 14.8 Å². The standard InChI is InChI=1S/C27H23F3N4O/c28-27(29,30)24-6-2-1-5-22(24)14-26(35)34-23-11-12-25(33-18-23)21-9-7-19(8-10-21)15-32-17-20-4-3-13-31-16-20/h1-13,16,18,32H,14-15,17H2,(H,34,35). The number of pyridine rings is 2. The molecular formula is C27H23F3N4O. The molecule has 0 aliphatic heterocycles. The molecular weight excluding hydrogens is 453 g/mol. The lowest BCUT2D eigenvalue weighted by atomic mass is 10.0. The van der Waals surface area contributed by atoms with Crippen molar-refractivity contribution in [3.8, 4) is 11.3 Å². The Morgan fingerprint density at radius 3 is 2.29 bits per heavy atom. The Morgan fingerprint density at radius 2 is 1.60 bits per heavy atom. The second-order valence-electron chi connectivity index (χ2n) is 7.97. The zero-order valence-electron chi connectivity index (χ0n) is 18.7. The molecule has 0 atom stereocenters. The summed E-state index contributed by atoms with van der Waals surface area (Å²) in [5.41, 5.74) is 3.42. The Morgan fingerprint density at radius 1 is 0.829 bits per heavy atom. The molecule has 0 aliphatic rings. The molecule has 4 aromatic rings. The van der Waals surface area contributed by atoms with Crippen molar-refractivity contribution in [3.05, 3.63) is 114 Å². The highest BCUT2D eigenvalue weighted by Crippen LogP contribution is 2.32. The number of hydrogen-bond donors (Lipinski definition) is 2. The molecule has 5 nitrogen and oxygen atoms in total. The van der Waals surface area contributed by atoms with Crippen molar-refractivity contribution < 1.29 is 18.0 Å². The molecule has 2 heterocycles. The van der Waals surface area contributed by atoms with Gasteiger partial charge in [0.2, 0.25) is 5.91 Å². The number of halogens is 3. The van der Waals surface area contributed by atoms with E-state index in [0.717, 1.165) is 35.0 Å². The van der Waals surface area contributed by atoms with Crippen LogP contribution >= 0.6 is 0 Å². The van der Waals surface area contributed by atoms with Gasteiger partial charge in [0, 0.05) is 31.0 Å². The summed E-state index contributed by atoms with van der Waals surface area (Å²) < 4.78 is 39.4. The van der Waals surface area contributed by atoms with Crippen LogP contribution < -0.4 is 10.6 Å². The Hall–Kier alpha value is -4.04. The molecule has 2 aromatic heterocycles. The minimum Gasteiger partial charge on any atom is -0.324 e. The second kappa shape index (κ2) is 10.9. The van der Waals surface area contributed by atoms with Gasteiger partial charge >= 0.3 is 6.18 Å². The zero-order chi connectivity index (χ0) is 24.7. The molecule has 0 radical (unpaired) electrons. The van der Waals surface area contributed by atoms with Crippen LogP contribution in [0, 0.1) is 0 Å². The highest BCUT2D eigenvalue weighted by molar-refractivity contribution is 5.92.